The summed E-state index contributed by atoms with van der Waals surface area (Å²) in [4.78, 5) is 33.7. The van der Waals surface area contributed by atoms with Gasteiger partial charge in [0.2, 0.25) is 0 Å². The Morgan fingerprint density at radius 3 is 2.68 bits per heavy atom. The molecule has 1 aromatic heterocycles. The van der Waals surface area contributed by atoms with Gasteiger partial charge in [0.25, 0.3) is 11.8 Å². The van der Waals surface area contributed by atoms with Crippen molar-refractivity contribution in [3.63, 3.8) is 0 Å². The summed E-state index contributed by atoms with van der Waals surface area (Å²) in [5, 5.41) is 3.80. The summed E-state index contributed by atoms with van der Waals surface area (Å²) < 4.78 is 11.2. The first-order chi connectivity index (χ1) is 16.6. The number of carbonyl (C=O) groups is 2. The number of nitrogens with one attached hydrogen (secondary N) is 1. The molecule has 2 heterocycles. The summed E-state index contributed by atoms with van der Waals surface area (Å²) in [5.41, 5.74) is 1.93. The maximum absolute atomic E-state index is 13.6. The number of aromatic nitrogens is 1. The van der Waals surface area contributed by atoms with E-state index in [-0.39, 0.29) is 11.8 Å². The number of carbonyl (C=O) groups excluding carboxylic acids is 2. The van der Waals surface area contributed by atoms with Gasteiger partial charge in [0, 0.05) is 19.6 Å². The fraction of sp³-hybridized carbons (Fsp3) is 0.346. The van der Waals surface area contributed by atoms with Crippen LogP contribution < -0.4 is 14.8 Å². The predicted octanol–water partition coefficient (Wildman–Crippen LogP) is 4.17. The van der Waals surface area contributed by atoms with Gasteiger partial charge in [-0.3, -0.25) is 9.59 Å². The molecule has 8 heteroatoms. The van der Waals surface area contributed by atoms with Crippen molar-refractivity contribution in [2.75, 3.05) is 32.8 Å². The fourth-order valence-electron chi connectivity index (χ4n) is 4.05. The first kappa shape index (κ1) is 22.4. The zero-order valence-corrected chi connectivity index (χ0v) is 19.9. The van der Waals surface area contributed by atoms with Gasteiger partial charge in [-0.25, -0.2) is 4.98 Å². The van der Waals surface area contributed by atoms with E-state index in [0.29, 0.717) is 61.5 Å². The van der Waals surface area contributed by atoms with Gasteiger partial charge in [-0.15, -0.1) is 11.3 Å². The van der Waals surface area contributed by atoms with Crippen molar-refractivity contribution in [1.82, 2.24) is 15.2 Å². The number of ether oxygens (including phenoxy) is 2. The van der Waals surface area contributed by atoms with E-state index in [1.165, 1.54) is 11.3 Å². The van der Waals surface area contributed by atoms with Crippen LogP contribution in [0.15, 0.2) is 48.5 Å². The van der Waals surface area contributed by atoms with Crippen LogP contribution in [0.4, 0.5) is 0 Å². The van der Waals surface area contributed by atoms with Gasteiger partial charge in [-0.05, 0) is 43.4 Å². The van der Waals surface area contributed by atoms with E-state index in [2.05, 4.69) is 10.3 Å². The Kier molecular flexibility index (Phi) is 6.49. The lowest BCUT2D eigenvalue weighted by Crippen LogP contribution is -2.40. The molecule has 7 nitrogen and oxygen atoms in total. The van der Waals surface area contributed by atoms with Gasteiger partial charge in [0.05, 0.1) is 15.4 Å². The molecule has 1 fully saturated rings. The summed E-state index contributed by atoms with van der Waals surface area (Å²) >= 11 is 1.53. The Hall–Kier alpha value is -3.39. The van der Waals surface area contributed by atoms with E-state index in [9.17, 15) is 9.59 Å². The highest BCUT2D eigenvalue weighted by molar-refractivity contribution is 7.15. The number of benzene rings is 2. The Balaban J connectivity index is 1.29. The van der Waals surface area contributed by atoms with E-state index in [4.69, 9.17) is 9.47 Å². The third-order valence-corrected chi connectivity index (χ3v) is 6.93. The molecule has 176 valence electrons. The zero-order valence-electron chi connectivity index (χ0n) is 19.1. The highest BCUT2D eigenvalue weighted by Gasteiger charge is 2.30. The normalized spacial score (nSPS) is 14.5. The standard InChI is InChI=1S/C26H27N3O4S/c1-17-28-22(24(34-17)19-6-3-2-4-7-19)26(31)29(16-18-10-11-18)13-12-27-25(30)20-8-5-9-21-23(20)33-15-14-32-21/h2-9,18H,10-16H2,1H3,(H,27,30). The minimum Gasteiger partial charge on any atom is -0.486 e. The molecule has 2 aromatic carbocycles. The van der Waals surface area contributed by atoms with Crippen molar-refractivity contribution >= 4 is 23.2 Å². The summed E-state index contributed by atoms with van der Waals surface area (Å²) in [6.07, 6.45) is 2.26. The Morgan fingerprint density at radius 2 is 1.88 bits per heavy atom. The lowest BCUT2D eigenvalue weighted by atomic mass is 10.1. The van der Waals surface area contributed by atoms with Gasteiger partial charge >= 0.3 is 0 Å². The van der Waals surface area contributed by atoms with E-state index in [1.807, 2.05) is 42.2 Å². The molecular formula is C26H27N3O4S. The predicted molar refractivity (Wildman–Crippen MR) is 131 cm³/mol. The van der Waals surface area contributed by atoms with Crippen LogP contribution in [-0.4, -0.2) is 54.5 Å². The van der Waals surface area contributed by atoms with Crippen LogP contribution >= 0.6 is 11.3 Å². The van der Waals surface area contributed by atoms with Gasteiger partial charge in [0.15, 0.2) is 11.5 Å². The second-order valence-corrected chi connectivity index (χ2v) is 9.76. The molecule has 1 aliphatic carbocycles. The third kappa shape index (κ3) is 4.92. The number of hydrogen-bond donors (Lipinski definition) is 1. The second-order valence-electron chi connectivity index (χ2n) is 8.56. The Morgan fingerprint density at radius 1 is 1.09 bits per heavy atom. The van der Waals surface area contributed by atoms with Gasteiger partial charge in [-0.2, -0.15) is 0 Å². The largest absolute Gasteiger partial charge is 0.486 e. The molecule has 0 bridgehead atoms. The number of rotatable bonds is 8. The molecule has 3 aromatic rings. The lowest BCUT2D eigenvalue weighted by molar-refractivity contribution is 0.0736. The van der Waals surface area contributed by atoms with Crippen molar-refractivity contribution < 1.29 is 19.1 Å². The molecule has 0 spiro atoms. The molecule has 0 saturated heterocycles. The first-order valence-electron chi connectivity index (χ1n) is 11.6. The lowest BCUT2D eigenvalue weighted by Gasteiger charge is -2.23. The quantitative estimate of drug-likeness (QED) is 0.527. The van der Waals surface area contributed by atoms with Crippen LogP contribution in [0.25, 0.3) is 10.4 Å². The molecule has 0 unspecified atom stereocenters. The van der Waals surface area contributed by atoms with Crippen LogP contribution in [0.3, 0.4) is 0 Å². The Bertz CT molecular complexity index is 1190. The van der Waals surface area contributed by atoms with Crippen molar-refractivity contribution in [2.24, 2.45) is 5.92 Å². The molecule has 2 aliphatic rings. The molecule has 1 saturated carbocycles. The van der Waals surface area contributed by atoms with Crippen LogP contribution in [0.2, 0.25) is 0 Å². The van der Waals surface area contributed by atoms with E-state index >= 15 is 0 Å². The highest BCUT2D eigenvalue weighted by atomic mass is 32.1. The zero-order chi connectivity index (χ0) is 23.5. The van der Waals surface area contributed by atoms with Crippen LogP contribution in [-0.2, 0) is 0 Å². The average molecular weight is 478 g/mol. The first-order valence-corrected chi connectivity index (χ1v) is 12.4. The molecule has 1 aliphatic heterocycles. The molecular weight excluding hydrogens is 450 g/mol. The van der Waals surface area contributed by atoms with Crippen molar-refractivity contribution in [3.8, 4) is 21.9 Å². The number of aryl methyl sites for hydroxylation is 1. The molecule has 2 amide bonds. The maximum atomic E-state index is 13.6. The number of hydrogen-bond acceptors (Lipinski definition) is 6. The highest BCUT2D eigenvalue weighted by Crippen LogP contribution is 2.34. The number of thiazole rings is 1. The molecule has 0 radical (unpaired) electrons. The minimum absolute atomic E-state index is 0.0850. The van der Waals surface area contributed by atoms with Crippen molar-refractivity contribution in [1.29, 1.82) is 0 Å². The van der Waals surface area contributed by atoms with Gasteiger partial charge in [-0.1, -0.05) is 36.4 Å². The number of para-hydroxylation sites is 1. The SMILES string of the molecule is Cc1nc(C(=O)N(CCNC(=O)c2cccc3c2OCCO3)CC2CC2)c(-c2ccccc2)s1. The third-order valence-electron chi connectivity index (χ3n) is 5.91. The average Bonchev–Trinajstić information content (AvgIpc) is 3.61. The van der Waals surface area contributed by atoms with Crippen molar-refractivity contribution in [3.05, 3.63) is 64.8 Å². The number of amides is 2. The van der Waals surface area contributed by atoms with Gasteiger partial charge < -0.3 is 19.7 Å². The van der Waals surface area contributed by atoms with Crippen LogP contribution in [0.5, 0.6) is 11.5 Å². The number of nitrogens with zero attached hydrogens (tertiary/aromatic N) is 2. The number of fused-ring (bicyclic) bond motifs is 1. The van der Waals surface area contributed by atoms with Crippen LogP contribution in [0, 0.1) is 12.8 Å². The Labute approximate surface area is 202 Å². The second kappa shape index (κ2) is 9.85. The molecule has 1 N–H and O–H groups in total. The molecule has 34 heavy (non-hydrogen) atoms. The summed E-state index contributed by atoms with van der Waals surface area (Å²) in [6.45, 7) is 4.24. The molecule has 5 rings (SSSR count). The maximum Gasteiger partial charge on any atom is 0.274 e. The topological polar surface area (TPSA) is 80.8 Å². The summed E-state index contributed by atoms with van der Waals surface area (Å²) in [6, 6.07) is 15.2. The smallest absolute Gasteiger partial charge is 0.274 e. The molecule has 0 atom stereocenters. The minimum atomic E-state index is -0.240. The monoisotopic (exact) mass is 477 g/mol. The van der Waals surface area contributed by atoms with E-state index in [0.717, 1.165) is 28.3 Å². The van der Waals surface area contributed by atoms with E-state index < -0.39 is 0 Å². The van der Waals surface area contributed by atoms with Crippen molar-refractivity contribution in [2.45, 2.75) is 19.8 Å². The fourth-order valence-corrected chi connectivity index (χ4v) is 4.96. The van der Waals surface area contributed by atoms with Gasteiger partial charge in [0.1, 0.15) is 18.9 Å². The van der Waals surface area contributed by atoms with Crippen LogP contribution in [0.1, 0.15) is 38.7 Å². The summed E-state index contributed by atoms with van der Waals surface area (Å²) in [7, 11) is 0. The van der Waals surface area contributed by atoms with E-state index in [1.54, 1.807) is 18.2 Å². The summed E-state index contributed by atoms with van der Waals surface area (Å²) in [5.74, 6) is 1.25.